The molecule has 0 unspecified atom stereocenters. The van der Waals surface area contributed by atoms with Crippen LogP contribution < -0.4 is 10.6 Å². The summed E-state index contributed by atoms with van der Waals surface area (Å²) in [5.74, 6) is -0.132. The van der Waals surface area contributed by atoms with Crippen molar-refractivity contribution in [3.63, 3.8) is 0 Å². The summed E-state index contributed by atoms with van der Waals surface area (Å²) in [6, 6.07) is 13.7. The largest absolute Gasteiger partial charge is 0.361 e. The molecule has 0 aromatic heterocycles. The fraction of sp³-hybridized carbons (Fsp3) is 0.389. The number of halogens is 3. The molecule has 130 valence electrons. The normalized spacial score (nSPS) is 12.8. The number of fused-ring (bicyclic) bond motifs is 1. The van der Waals surface area contributed by atoms with Gasteiger partial charge >= 0.3 is 0 Å². The van der Waals surface area contributed by atoms with Crippen molar-refractivity contribution in [2.24, 2.45) is 0 Å². The molecular formula is C18H21Cl3N2O. The molecule has 0 radical (unpaired) electrons. The third-order valence-electron chi connectivity index (χ3n) is 3.73. The molecule has 24 heavy (non-hydrogen) atoms. The van der Waals surface area contributed by atoms with Crippen LogP contribution in [0.4, 0.5) is 5.69 Å². The first kappa shape index (κ1) is 19.2. The third-order valence-corrected chi connectivity index (χ3v) is 4.38. The second-order valence-corrected chi connectivity index (χ2v) is 8.04. The molecule has 0 fully saturated rings. The monoisotopic (exact) mass is 386 g/mol. The Labute approximate surface area is 157 Å². The number of alkyl halides is 3. The lowest BCUT2D eigenvalue weighted by Crippen LogP contribution is -2.49. The number of anilines is 1. The number of nitrogens with one attached hydrogen (secondary N) is 2. The van der Waals surface area contributed by atoms with E-state index in [1.54, 1.807) is 0 Å². The van der Waals surface area contributed by atoms with Crippen molar-refractivity contribution < 1.29 is 4.79 Å². The first-order valence-corrected chi connectivity index (χ1v) is 9.15. The van der Waals surface area contributed by atoms with Gasteiger partial charge in [0.2, 0.25) is 9.70 Å². The second kappa shape index (κ2) is 8.80. The van der Waals surface area contributed by atoms with E-state index in [1.165, 1.54) is 0 Å². The van der Waals surface area contributed by atoms with Gasteiger partial charge in [0.15, 0.2) is 0 Å². The van der Waals surface area contributed by atoms with Crippen LogP contribution in [0.25, 0.3) is 10.8 Å². The summed E-state index contributed by atoms with van der Waals surface area (Å²) in [5.41, 5.74) is 0.804. The van der Waals surface area contributed by atoms with E-state index >= 15 is 0 Å². The fourth-order valence-corrected chi connectivity index (χ4v) is 2.80. The van der Waals surface area contributed by atoms with Crippen LogP contribution in [0.5, 0.6) is 0 Å². The molecule has 0 heterocycles. The third kappa shape index (κ3) is 5.44. The Hall–Kier alpha value is -1.16. The summed E-state index contributed by atoms with van der Waals surface area (Å²) in [7, 11) is 0. The quantitative estimate of drug-likeness (QED) is 0.366. The molecule has 2 rings (SSSR count). The van der Waals surface area contributed by atoms with Gasteiger partial charge in [0.1, 0.15) is 6.17 Å². The van der Waals surface area contributed by atoms with E-state index < -0.39 is 9.96 Å². The van der Waals surface area contributed by atoms with Gasteiger partial charge in [-0.3, -0.25) is 4.79 Å². The highest BCUT2D eigenvalue weighted by Gasteiger charge is 2.34. The summed E-state index contributed by atoms with van der Waals surface area (Å²) in [5, 5.41) is 8.01. The number of amides is 1. The minimum atomic E-state index is -1.67. The van der Waals surface area contributed by atoms with Gasteiger partial charge in [0.05, 0.1) is 0 Å². The van der Waals surface area contributed by atoms with Gasteiger partial charge in [-0.1, -0.05) is 91.0 Å². The first-order chi connectivity index (χ1) is 11.4. The van der Waals surface area contributed by atoms with Crippen molar-refractivity contribution in [3.8, 4) is 0 Å². The maximum Gasteiger partial charge on any atom is 0.228 e. The lowest BCUT2D eigenvalue weighted by atomic mass is 10.1. The predicted octanol–water partition coefficient (Wildman–Crippen LogP) is 5.64. The number of rotatable bonds is 7. The lowest BCUT2D eigenvalue weighted by molar-refractivity contribution is -0.121. The van der Waals surface area contributed by atoms with Crippen LogP contribution in [-0.2, 0) is 4.79 Å². The summed E-state index contributed by atoms with van der Waals surface area (Å²) in [4.78, 5) is 12.1. The Bertz CT molecular complexity index is 680. The zero-order chi connectivity index (χ0) is 17.6. The molecular weight excluding hydrogens is 367 g/mol. The summed E-state index contributed by atoms with van der Waals surface area (Å²) >= 11 is 18.2. The SMILES string of the molecule is CCCCCC(=O)N[C@H](Nc1cccc2ccccc12)C(Cl)(Cl)Cl. The van der Waals surface area contributed by atoms with Crippen LogP contribution >= 0.6 is 34.8 Å². The molecule has 1 atom stereocenters. The number of carbonyl (C=O) groups is 1. The van der Waals surface area contributed by atoms with Crippen molar-refractivity contribution in [2.45, 2.75) is 42.6 Å². The maximum absolute atomic E-state index is 12.1. The fourth-order valence-electron chi connectivity index (χ4n) is 2.48. The van der Waals surface area contributed by atoms with Crippen LogP contribution in [0.1, 0.15) is 32.6 Å². The Morgan fingerprint density at radius 3 is 2.50 bits per heavy atom. The molecule has 1 amide bonds. The number of carbonyl (C=O) groups excluding carboxylic acids is 1. The molecule has 3 nitrogen and oxygen atoms in total. The summed E-state index contributed by atoms with van der Waals surface area (Å²) in [6.45, 7) is 2.09. The highest BCUT2D eigenvalue weighted by Crippen LogP contribution is 2.33. The molecule has 0 spiro atoms. The van der Waals surface area contributed by atoms with Gasteiger partial charge in [-0.25, -0.2) is 0 Å². The molecule has 0 aliphatic carbocycles. The van der Waals surface area contributed by atoms with Gasteiger partial charge in [-0.15, -0.1) is 0 Å². The van der Waals surface area contributed by atoms with E-state index in [1.807, 2.05) is 42.5 Å². The van der Waals surface area contributed by atoms with Crippen LogP contribution in [0, 0.1) is 0 Å². The van der Waals surface area contributed by atoms with E-state index in [4.69, 9.17) is 34.8 Å². The van der Waals surface area contributed by atoms with Crippen molar-refractivity contribution >= 4 is 57.2 Å². The van der Waals surface area contributed by atoms with Crippen molar-refractivity contribution in [2.75, 3.05) is 5.32 Å². The molecule has 0 saturated heterocycles. The minimum Gasteiger partial charge on any atom is -0.361 e. The van der Waals surface area contributed by atoms with Gasteiger partial charge in [-0.2, -0.15) is 0 Å². The van der Waals surface area contributed by atoms with E-state index in [-0.39, 0.29) is 5.91 Å². The molecule has 6 heteroatoms. The van der Waals surface area contributed by atoms with Crippen LogP contribution in [0.3, 0.4) is 0 Å². The standard InChI is InChI=1S/C18H21Cl3N2O/c1-2-3-4-12-16(24)23-17(18(19,20)21)22-15-11-7-9-13-8-5-6-10-14(13)15/h5-11,17,22H,2-4,12H2,1H3,(H,23,24)/t17-/m0/s1. The molecule has 2 aromatic carbocycles. The minimum absolute atomic E-state index is 0.132. The number of benzene rings is 2. The number of hydrogen-bond acceptors (Lipinski definition) is 2. The van der Waals surface area contributed by atoms with E-state index in [9.17, 15) is 4.79 Å². The zero-order valence-electron chi connectivity index (χ0n) is 13.5. The summed E-state index contributed by atoms with van der Waals surface area (Å²) in [6.07, 6.45) is 2.48. The second-order valence-electron chi connectivity index (χ2n) is 5.67. The molecule has 0 aliphatic heterocycles. The maximum atomic E-state index is 12.1. The van der Waals surface area contributed by atoms with E-state index in [0.29, 0.717) is 6.42 Å². The van der Waals surface area contributed by atoms with Crippen molar-refractivity contribution in [3.05, 3.63) is 42.5 Å². The molecule has 0 aliphatic rings. The number of unbranched alkanes of at least 4 members (excludes halogenated alkanes) is 2. The van der Waals surface area contributed by atoms with Gasteiger partial charge in [-0.05, 0) is 17.9 Å². The Kier molecular flexibility index (Phi) is 7.02. The highest BCUT2D eigenvalue weighted by atomic mass is 35.6. The van der Waals surface area contributed by atoms with Crippen LogP contribution in [0.2, 0.25) is 0 Å². The van der Waals surface area contributed by atoms with E-state index in [0.717, 1.165) is 35.7 Å². The van der Waals surface area contributed by atoms with Gasteiger partial charge in [0.25, 0.3) is 0 Å². The first-order valence-electron chi connectivity index (χ1n) is 8.02. The van der Waals surface area contributed by atoms with Gasteiger partial charge in [0, 0.05) is 17.5 Å². The Morgan fingerprint density at radius 2 is 1.79 bits per heavy atom. The smallest absolute Gasteiger partial charge is 0.228 e. The molecule has 0 saturated carbocycles. The van der Waals surface area contributed by atoms with Crippen LogP contribution in [-0.4, -0.2) is 15.9 Å². The van der Waals surface area contributed by atoms with Crippen LogP contribution in [0.15, 0.2) is 42.5 Å². The van der Waals surface area contributed by atoms with Crippen molar-refractivity contribution in [1.29, 1.82) is 0 Å². The average Bonchev–Trinajstić information content (AvgIpc) is 2.54. The zero-order valence-corrected chi connectivity index (χ0v) is 15.8. The molecule has 2 N–H and O–H groups in total. The topological polar surface area (TPSA) is 41.1 Å². The predicted molar refractivity (Wildman–Crippen MR) is 104 cm³/mol. The highest BCUT2D eigenvalue weighted by molar-refractivity contribution is 6.68. The average molecular weight is 388 g/mol. The van der Waals surface area contributed by atoms with E-state index in [2.05, 4.69) is 17.6 Å². The molecule has 2 aromatic rings. The number of hydrogen-bond donors (Lipinski definition) is 2. The van der Waals surface area contributed by atoms with Gasteiger partial charge < -0.3 is 10.6 Å². The Morgan fingerprint density at radius 1 is 1.08 bits per heavy atom. The molecule has 0 bridgehead atoms. The summed E-state index contributed by atoms with van der Waals surface area (Å²) < 4.78 is -1.67. The lowest BCUT2D eigenvalue weighted by Gasteiger charge is -2.28. The Balaban J connectivity index is 2.15. The van der Waals surface area contributed by atoms with Crippen molar-refractivity contribution in [1.82, 2.24) is 5.32 Å².